The van der Waals surface area contributed by atoms with Gasteiger partial charge in [0, 0.05) is 25.6 Å². The number of amides is 1. The van der Waals surface area contributed by atoms with E-state index in [9.17, 15) is 9.90 Å². The molecule has 1 heterocycles. The van der Waals surface area contributed by atoms with E-state index >= 15 is 0 Å². The van der Waals surface area contributed by atoms with Crippen LogP contribution in [0.5, 0.6) is 0 Å². The largest absolute Gasteiger partial charge is 0.393 e. The molecule has 4 nitrogen and oxygen atoms in total. The number of hydrazine groups is 1. The lowest BCUT2D eigenvalue weighted by Gasteiger charge is -2.44. The second-order valence-corrected chi connectivity index (χ2v) is 4.93. The van der Waals surface area contributed by atoms with E-state index in [1.165, 1.54) is 6.42 Å². The molecule has 15 heavy (non-hydrogen) atoms. The summed E-state index contributed by atoms with van der Waals surface area (Å²) in [4.78, 5) is 11.8. The van der Waals surface area contributed by atoms with Gasteiger partial charge in [0.1, 0.15) is 0 Å². The van der Waals surface area contributed by atoms with Crippen LogP contribution in [-0.4, -0.2) is 46.3 Å². The van der Waals surface area contributed by atoms with Crippen molar-refractivity contribution in [2.75, 3.05) is 13.6 Å². The number of hydrogen-bond donors (Lipinski definition) is 1. The Morgan fingerprint density at radius 2 is 2.20 bits per heavy atom. The topological polar surface area (TPSA) is 43.8 Å². The van der Waals surface area contributed by atoms with Crippen molar-refractivity contribution in [3.05, 3.63) is 0 Å². The lowest BCUT2D eigenvalue weighted by atomic mass is 9.75. The number of hydrogen-bond acceptors (Lipinski definition) is 3. The fraction of sp³-hybridized carbons (Fsp3) is 0.909. The molecule has 0 aromatic carbocycles. The molecule has 1 spiro atoms. The fourth-order valence-electron chi connectivity index (χ4n) is 2.58. The molecule has 86 valence electrons. The van der Waals surface area contributed by atoms with Gasteiger partial charge in [-0.25, -0.2) is 5.01 Å². The third-order valence-corrected chi connectivity index (χ3v) is 3.86. The molecule has 1 amide bonds. The third-order valence-electron chi connectivity index (χ3n) is 3.86. The molecular weight excluding hydrogens is 192 g/mol. The monoisotopic (exact) mass is 212 g/mol. The Kier molecular flexibility index (Phi) is 2.73. The van der Waals surface area contributed by atoms with Crippen LogP contribution in [0.2, 0.25) is 0 Å². The highest BCUT2D eigenvalue weighted by Gasteiger charge is 2.51. The van der Waals surface area contributed by atoms with Crippen molar-refractivity contribution in [3.8, 4) is 0 Å². The Morgan fingerprint density at radius 3 is 2.60 bits per heavy atom. The SMILES string of the molecule is CC(O)CCN1C(=O)CC2(CCC2)N1C. The van der Waals surface area contributed by atoms with Crippen molar-refractivity contribution in [1.82, 2.24) is 10.0 Å². The van der Waals surface area contributed by atoms with E-state index in [1.54, 1.807) is 6.92 Å². The number of aliphatic hydroxyl groups is 1. The first-order chi connectivity index (χ1) is 7.05. The maximum absolute atomic E-state index is 11.8. The zero-order chi connectivity index (χ0) is 11.1. The predicted molar refractivity (Wildman–Crippen MR) is 57.0 cm³/mol. The molecule has 0 aromatic heterocycles. The minimum Gasteiger partial charge on any atom is -0.393 e. The molecule has 1 saturated carbocycles. The summed E-state index contributed by atoms with van der Waals surface area (Å²) in [6.45, 7) is 2.41. The molecule has 0 bridgehead atoms. The highest BCUT2D eigenvalue weighted by Crippen LogP contribution is 2.44. The van der Waals surface area contributed by atoms with E-state index in [0.29, 0.717) is 19.4 Å². The van der Waals surface area contributed by atoms with Gasteiger partial charge in [-0.3, -0.25) is 9.80 Å². The van der Waals surface area contributed by atoms with Crippen molar-refractivity contribution < 1.29 is 9.90 Å². The highest BCUT2D eigenvalue weighted by atomic mass is 16.3. The molecule has 0 radical (unpaired) electrons. The first kappa shape index (κ1) is 10.9. The smallest absolute Gasteiger partial charge is 0.238 e. The maximum atomic E-state index is 11.8. The van der Waals surface area contributed by atoms with Gasteiger partial charge in [0.05, 0.1) is 6.10 Å². The van der Waals surface area contributed by atoms with Gasteiger partial charge in [-0.15, -0.1) is 0 Å². The summed E-state index contributed by atoms with van der Waals surface area (Å²) < 4.78 is 0. The van der Waals surface area contributed by atoms with Gasteiger partial charge >= 0.3 is 0 Å². The lowest BCUT2D eigenvalue weighted by Crippen LogP contribution is -2.52. The van der Waals surface area contributed by atoms with Crippen molar-refractivity contribution in [2.24, 2.45) is 0 Å². The normalized spacial score (nSPS) is 27.1. The molecule has 1 unspecified atom stereocenters. The zero-order valence-corrected chi connectivity index (χ0v) is 9.57. The highest BCUT2D eigenvalue weighted by molar-refractivity contribution is 5.79. The van der Waals surface area contributed by atoms with Crippen LogP contribution in [0, 0.1) is 0 Å². The Morgan fingerprint density at radius 1 is 1.53 bits per heavy atom. The third kappa shape index (κ3) is 1.76. The van der Waals surface area contributed by atoms with E-state index < -0.39 is 0 Å². The Hall–Kier alpha value is -0.610. The van der Waals surface area contributed by atoms with Crippen LogP contribution in [0.15, 0.2) is 0 Å². The van der Waals surface area contributed by atoms with E-state index in [2.05, 4.69) is 5.01 Å². The molecular formula is C11H20N2O2. The van der Waals surface area contributed by atoms with Crippen LogP contribution in [0.1, 0.15) is 39.0 Å². The van der Waals surface area contributed by atoms with Gasteiger partial charge in [0.25, 0.3) is 0 Å². The lowest BCUT2D eigenvalue weighted by molar-refractivity contribution is -0.140. The van der Waals surface area contributed by atoms with Crippen LogP contribution in [0.3, 0.4) is 0 Å². The molecule has 2 fully saturated rings. The van der Waals surface area contributed by atoms with Crippen LogP contribution in [-0.2, 0) is 4.79 Å². The Bertz CT molecular complexity index is 261. The molecule has 4 heteroatoms. The van der Waals surface area contributed by atoms with Gasteiger partial charge in [-0.05, 0) is 32.6 Å². The molecule has 1 saturated heterocycles. The number of carbonyl (C=O) groups is 1. The second kappa shape index (κ2) is 3.76. The van der Waals surface area contributed by atoms with Crippen molar-refractivity contribution in [1.29, 1.82) is 0 Å². The van der Waals surface area contributed by atoms with E-state index in [0.717, 1.165) is 12.8 Å². The van der Waals surface area contributed by atoms with Gasteiger partial charge in [0.2, 0.25) is 5.91 Å². The minimum atomic E-state index is -0.329. The van der Waals surface area contributed by atoms with Crippen LogP contribution < -0.4 is 0 Å². The standard InChI is InChI=1S/C11H20N2O2/c1-9(14)4-7-13-10(15)8-11(12(13)2)5-3-6-11/h9,14H,3-8H2,1-2H3. The first-order valence-corrected chi connectivity index (χ1v) is 5.77. The first-order valence-electron chi connectivity index (χ1n) is 5.77. The molecule has 1 aliphatic carbocycles. The molecule has 1 atom stereocenters. The Labute approximate surface area is 90.8 Å². The van der Waals surface area contributed by atoms with Crippen molar-refractivity contribution in [3.63, 3.8) is 0 Å². The van der Waals surface area contributed by atoms with Crippen LogP contribution in [0.4, 0.5) is 0 Å². The molecule has 1 N–H and O–H groups in total. The maximum Gasteiger partial charge on any atom is 0.238 e. The van der Waals surface area contributed by atoms with Gasteiger partial charge in [-0.1, -0.05) is 0 Å². The zero-order valence-electron chi connectivity index (χ0n) is 9.57. The van der Waals surface area contributed by atoms with Gasteiger partial charge in [0.15, 0.2) is 0 Å². The summed E-state index contributed by atoms with van der Waals surface area (Å²) in [7, 11) is 2.01. The van der Waals surface area contributed by atoms with Crippen LogP contribution >= 0.6 is 0 Å². The van der Waals surface area contributed by atoms with Crippen molar-refractivity contribution >= 4 is 5.91 Å². The molecule has 2 aliphatic rings. The Balaban J connectivity index is 1.97. The predicted octanol–water partition coefficient (Wildman–Crippen LogP) is 0.759. The second-order valence-electron chi connectivity index (χ2n) is 4.93. The molecule has 1 aliphatic heterocycles. The fourth-order valence-corrected chi connectivity index (χ4v) is 2.58. The summed E-state index contributed by atoms with van der Waals surface area (Å²) in [5.74, 6) is 0.220. The van der Waals surface area contributed by atoms with Crippen LogP contribution in [0.25, 0.3) is 0 Å². The number of nitrogens with zero attached hydrogens (tertiary/aromatic N) is 2. The molecule has 2 rings (SSSR count). The summed E-state index contributed by atoms with van der Waals surface area (Å²) in [5, 5.41) is 13.2. The summed E-state index contributed by atoms with van der Waals surface area (Å²) in [5.41, 5.74) is 0.135. The average Bonchev–Trinajstić information content (AvgIpc) is 2.35. The number of aliphatic hydroxyl groups excluding tert-OH is 1. The van der Waals surface area contributed by atoms with Gasteiger partial charge < -0.3 is 5.11 Å². The van der Waals surface area contributed by atoms with Gasteiger partial charge in [-0.2, -0.15) is 0 Å². The van der Waals surface area contributed by atoms with E-state index in [4.69, 9.17) is 0 Å². The minimum absolute atomic E-state index is 0.135. The average molecular weight is 212 g/mol. The number of rotatable bonds is 3. The summed E-state index contributed by atoms with van der Waals surface area (Å²) in [6.07, 6.45) is 4.52. The quantitative estimate of drug-likeness (QED) is 0.751. The van der Waals surface area contributed by atoms with E-state index in [1.807, 2.05) is 12.1 Å². The van der Waals surface area contributed by atoms with E-state index in [-0.39, 0.29) is 17.6 Å². The summed E-state index contributed by atoms with van der Waals surface area (Å²) >= 11 is 0. The molecule has 0 aromatic rings. The summed E-state index contributed by atoms with van der Waals surface area (Å²) in [6, 6.07) is 0. The number of carbonyl (C=O) groups excluding carboxylic acids is 1. The van der Waals surface area contributed by atoms with Crippen molar-refractivity contribution in [2.45, 2.75) is 50.7 Å².